The number of pyridine rings is 3. The minimum absolute atomic E-state index is 0.0475. The molecule has 4 aromatic rings. The normalized spacial score (nSPS) is 18.2. The monoisotopic (exact) mass is 426 g/mol. The fraction of sp³-hybridized carbons (Fsp3) is 0.167. The molecule has 7 heteroatoms. The van der Waals surface area contributed by atoms with E-state index in [-0.39, 0.29) is 12.1 Å². The van der Waals surface area contributed by atoms with Crippen LogP contribution in [-0.4, -0.2) is 29.5 Å². The molecule has 154 valence electrons. The first kappa shape index (κ1) is 19.4. The van der Waals surface area contributed by atoms with Gasteiger partial charge in [0.2, 0.25) is 0 Å². The summed E-state index contributed by atoms with van der Waals surface area (Å²) in [7, 11) is 0. The van der Waals surface area contributed by atoms with Gasteiger partial charge in [0.05, 0.1) is 17.8 Å². The van der Waals surface area contributed by atoms with Crippen molar-refractivity contribution in [2.75, 3.05) is 0 Å². The molecule has 0 saturated carbocycles. The van der Waals surface area contributed by atoms with Crippen LogP contribution in [-0.2, 0) is 6.54 Å². The molecule has 2 atom stereocenters. The first-order valence-corrected chi connectivity index (χ1v) is 10.6. The van der Waals surface area contributed by atoms with Crippen molar-refractivity contribution in [2.45, 2.75) is 25.6 Å². The van der Waals surface area contributed by atoms with Crippen LogP contribution in [0.25, 0.3) is 5.82 Å². The predicted octanol–water partition coefficient (Wildman–Crippen LogP) is 4.14. The summed E-state index contributed by atoms with van der Waals surface area (Å²) in [5.74, 6) is 0.882. The maximum atomic E-state index is 5.79. The Morgan fingerprint density at radius 1 is 0.968 bits per heavy atom. The molecule has 1 aliphatic rings. The molecule has 31 heavy (non-hydrogen) atoms. The number of thiocarbonyl (C=S) groups is 1. The van der Waals surface area contributed by atoms with E-state index >= 15 is 0 Å². The number of hydrogen-bond donors (Lipinski definition) is 1. The summed E-state index contributed by atoms with van der Waals surface area (Å²) >= 11 is 5.79. The summed E-state index contributed by atoms with van der Waals surface area (Å²) < 4.78 is 2.13. The Morgan fingerprint density at radius 3 is 2.58 bits per heavy atom. The molecule has 1 saturated heterocycles. The SMILES string of the molecule is Cc1ccc(-n2cccc2[C@@H]2[C@H](c3ccccn3)NC(=S)N2Cc2ccncc2)nc1. The fourth-order valence-corrected chi connectivity index (χ4v) is 4.33. The maximum Gasteiger partial charge on any atom is 0.170 e. The van der Waals surface area contributed by atoms with Gasteiger partial charge in [0, 0.05) is 43.2 Å². The number of aromatic nitrogens is 4. The second kappa shape index (κ2) is 8.28. The minimum atomic E-state index is -0.0744. The lowest BCUT2D eigenvalue weighted by molar-refractivity contribution is 0.302. The molecule has 6 nitrogen and oxygen atoms in total. The third-order valence-electron chi connectivity index (χ3n) is 5.53. The zero-order valence-corrected chi connectivity index (χ0v) is 17.9. The lowest BCUT2D eigenvalue weighted by atomic mass is 10.0. The van der Waals surface area contributed by atoms with Crippen LogP contribution >= 0.6 is 12.2 Å². The summed E-state index contributed by atoms with van der Waals surface area (Å²) in [5.41, 5.74) is 4.34. The molecule has 1 fully saturated rings. The van der Waals surface area contributed by atoms with Crippen LogP contribution in [0.2, 0.25) is 0 Å². The van der Waals surface area contributed by atoms with Gasteiger partial charge in [-0.15, -0.1) is 0 Å². The molecular formula is C24H22N6S. The van der Waals surface area contributed by atoms with Gasteiger partial charge in [0.15, 0.2) is 5.11 Å². The van der Waals surface area contributed by atoms with Gasteiger partial charge in [0.1, 0.15) is 5.82 Å². The van der Waals surface area contributed by atoms with Crippen molar-refractivity contribution in [1.29, 1.82) is 0 Å². The van der Waals surface area contributed by atoms with E-state index in [0.29, 0.717) is 11.7 Å². The van der Waals surface area contributed by atoms with Crippen LogP contribution in [0.1, 0.15) is 34.6 Å². The van der Waals surface area contributed by atoms with E-state index < -0.39 is 0 Å². The highest BCUT2D eigenvalue weighted by Crippen LogP contribution is 2.40. The maximum absolute atomic E-state index is 5.79. The van der Waals surface area contributed by atoms with Crippen molar-refractivity contribution >= 4 is 17.3 Å². The minimum Gasteiger partial charge on any atom is -0.352 e. The van der Waals surface area contributed by atoms with Crippen LogP contribution in [0, 0.1) is 6.92 Å². The molecule has 4 aromatic heterocycles. The van der Waals surface area contributed by atoms with Gasteiger partial charge >= 0.3 is 0 Å². The highest BCUT2D eigenvalue weighted by molar-refractivity contribution is 7.80. The Labute approximate surface area is 186 Å². The lowest BCUT2D eigenvalue weighted by Gasteiger charge is -2.28. The van der Waals surface area contributed by atoms with E-state index in [2.05, 4.69) is 54.1 Å². The quantitative estimate of drug-likeness (QED) is 0.484. The molecule has 0 aliphatic carbocycles. The van der Waals surface area contributed by atoms with Crippen molar-refractivity contribution in [3.63, 3.8) is 0 Å². The van der Waals surface area contributed by atoms with Crippen LogP contribution < -0.4 is 5.32 Å². The molecule has 5 heterocycles. The Bertz CT molecular complexity index is 1170. The Morgan fingerprint density at radius 2 is 1.84 bits per heavy atom. The van der Waals surface area contributed by atoms with Crippen LogP contribution in [0.4, 0.5) is 0 Å². The van der Waals surface area contributed by atoms with Crippen molar-refractivity contribution in [2.24, 2.45) is 0 Å². The third kappa shape index (κ3) is 3.80. The van der Waals surface area contributed by atoms with Crippen LogP contribution in [0.5, 0.6) is 0 Å². The lowest BCUT2D eigenvalue weighted by Crippen LogP contribution is -2.30. The molecule has 0 unspecified atom stereocenters. The number of rotatable bonds is 5. The summed E-state index contributed by atoms with van der Waals surface area (Å²) in [6.45, 7) is 2.72. The van der Waals surface area contributed by atoms with E-state index in [4.69, 9.17) is 12.2 Å². The first-order valence-electron chi connectivity index (χ1n) is 10.2. The largest absolute Gasteiger partial charge is 0.352 e. The summed E-state index contributed by atoms with van der Waals surface area (Å²) in [5, 5.41) is 4.22. The zero-order valence-electron chi connectivity index (χ0n) is 17.1. The first-order chi connectivity index (χ1) is 15.2. The predicted molar refractivity (Wildman–Crippen MR) is 124 cm³/mol. The van der Waals surface area contributed by atoms with Crippen molar-refractivity contribution in [3.8, 4) is 5.82 Å². The van der Waals surface area contributed by atoms with Gasteiger partial charge in [-0.1, -0.05) is 12.1 Å². The van der Waals surface area contributed by atoms with Gasteiger partial charge in [-0.2, -0.15) is 0 Å². The number of nitrogens with zero attached hydrogens (tertiary/aromatic N) is 5. The molecule has 1 aliphatic heterocycles. The van der Waals surface area contributed by atoms with Crippen molar-refractivity contribution in [3.05, 3.63) is 108 Å². The van der Waals surface area contributed by atoms with Crippen LogP contribution in [0.15, 0.2) is 85.6 Å². The van der Waals surface area contributed by atoms with Crippen molar-refractivity contribution < 1.29 is 0 Å². The molecular weight excluding hydrogens is 404 g/mol. The Kier molecular flexibility index (Phi) is 5.18. The summed E-state index contributed by atoms with van der Waals surface area (Å²) in [4.78, 5) is 15.6. The zero-order chi connectivity index (χ0) is 21.2. The van der Waals surface area contributed by atoms with E-state index in [1.54, 1.807) is 0 Å². The van der Waals surface area contributed by atoms with Gasteiger partial charge in [-0.3, -0.25) is 9.97 Å². The molecule has 0 amide bonds. The van der Waals surface area contributed by atoms with Gasteiger partial charge < -0.3 is 14.8 Å². The summed E-state index contributed by atoms with van der Waals surface area (Å²) in [6.07, 6.45) is 9.39. The average molecular weight is 427 g/mol. The highest BCUT2D eigenvalue weighted by Gasteiger charge is 2.41. The average Bonchev–Trinajstić information content (AvgIpc) is 3.40. The Balaban J connectivity index is 1.60. The van der Waals surface area contributed by atoms with E-state index in [9.17, 15) is 0 Å². The van der Waals surface area contributed by atoms with Crippen LogP contribution in [0.3, 0.4) is 0 Å². The number of nitrogens with one attached hydrogen (secondary N) is 1. The topological polar surface area (TPSA) is 58.9 Å². The molecule has 0 spiro atoms. The van der Waals surface area contributed by atoms with Crippen molar-refractivity contribution in [1.82, 2.24) is 29.7 Å². The summed E-state index contributed by atoms with van der Waals surface area (Å²) in [6, 6.07) is 18.2. The highest BCUT2D eigenvalue weighted by atomic mass is 32.1. The number of aryl methyl sites for hydroxylation is 1. The molecule has 1 N–H and O–H groups in total. The molecule has 5 rings (SSSR count). The Hall–Kier alpha value is -3.58. The van der Waals surface area contributed by atoms with Gasteiger partial charge in [-0.05, 0) is 72.7 Å². The second-order valence-corrected chi connectivity index (χ2v) is 7.99. The fourth-order valence-electron chi connectivity index (χ4n) is 4.03. The third-order valence-corrected chi connectivity index (χ3v) is 5.88. The molecule has 0 bridgehead atoms. The van der Waals surface area contributed by atoms with E-state index in [1.807, 2.05) is 68.1 Å². The van der Waals surface area contributed by atoms with E-state index in [0.717, 1.165) is 28.3 Å². The van der Waals surface area contributed by atoms with E-state index in [1.165, 1.54) is 0 Å². The number of hydrogen-bond acceptors (Lipinski definition) is 4. The molecule has 0 radical (unpaired) electrons. The smallest absolute Gasteiger partial charge is 0.170 e. The van der Waals surface area contributed by atoms with Gasteiger partial charge in [-0.25, -0.2) is 4.98 Å². The second-order valence-electron chi connectivity index (χ2n) is 7.61. The standard InChI is InChI=1S/C24H22N6S/c1-17-7-8-21(27-15-17)29-14-4-6-20(29)23-22(19-5-2-3-11-26-19)28-24(31)30(23)16-18-9-12-25-13-10-18/h2-15,22-23H,16H2,1H3,(H,28,31)/t22-,23+/m0/s1. The molecule has 0 aromatic carbocycles. The van der Waals surface area contributed by atoms with Gasteiger partial charge in [0.25, 0.3) is 0 Å².